The molecule has 7 unspecified atom stereocenters. The minimum Gasteiger partial charge on any atom is -0.459 e. The Morgan fingerprint density at radius 1 is 1.00 bits per heavy atom. The second-order valence-electron chi connectivity index (χ2n) is 11.8. The summed E-state index contributed by atoms with van der Waals surface area (Å²) in [7, 11) is 0. The highest BCUT2D eigenvalue weighted by Gasteiger charge is 2.77. The number of aliphatic hydroxyl groups excluding tert-OH is 3. The third-order valence-corrected chi connectivity index (χ3v) is 9.81. The predicted molar refractivity (Wildman–Crippen MR) is 110 cm³/mol. The second-order valence-corrected chi connectivity index (χ2v) is 11.8. The molecule has 178 valence electrons. The zero-order chi connectivity index (χ0) is 23.4. The summed E-state index contributed by atoms with van der Waals surface area (Å²) < 4.78 is 5.76. The van der Waals surface area contributed by atoms with E-state index in [1.807, 2.05) is 0 Å². The van der Waals surface area contributed by atoms with E-state index in [4.69, 9.17) is 4.74 Å². The van der Waals surface area contributed by atoms with Gasteiger partial charge in [-0.05, 0) is 58.8 Å². The summed E-state index contributed by atoms with van der Waals surface area (Å²) in [6.07, 6.45) is -2.96. The lowest BCUT2D eigenvalue weighted by Crippen LogP contribution is -2.60. The van der Waals surface area contributed by atoms with E-state index >= 15 is 0 Å². The highest BCUT2D eigenvalue weighted by Crippen LogP contribution is 2.70. The number of ether oxygens (including phenoxy) is 1. The molecule has 0 amide bonds. The molecular weight excluding hydrogens is 404 g/mol. The Balaban J connectivity index is 1.87. The molecule has 2 bridgehead atoms. The molecule has 0 radical (unpaired) electrons. The van der Waals surface area contributed by atoms with Gasteiger partial charge in [-0.25, -0.2) is 4.79 Å². The lowest BCUT2D eigenvalue weighted by Gasteiger charge is -2.52. The van der Waals surface area contributed by atoms with E-state index in [2.05, 4.69) is 0 Å². The summed E-state index contributed by atoms with van der Waals surface area (Å²) in [5, 5.41) is 67.0. The van der Waals surface area contributed by atoms with E-state index in [9.17, 15) is 35.4 Å². The number of hydrogen-bond donors (Lipinski definition) is 6. The predicted octanol–water partition coefficient (Wildman–Crippen LogP) is 0.1000. The molecule has 8 heteroatoms. The lowest BCUT2D eigenvalue weighted by atomic mass is 9.57. The van der Waals surface area contributed by atoms with Crippen LogP contribution in [-0.2, 0) is 9.53 Å². The molecule has 4 rings (SSSR count). The average molecular weight is 443 g/mol. The van der Waals surface area contributed by atoms with Crippen LogP contribution in [0, 0.1) is 28.6 Å². The molecule has 0 aliphatic heterocycles. The molecule has 31 heavy (non-hydrogen) atoms. The zero-order valence-corrected chi connectivity index (χ0v) is 19.1. The highest BCUT2D eigenvalue weighted by atomic mass is 16.6. The first kappa shape index (κ1) is 23.4. The Bertz CT molecular complexity index is 761. The van der Waals surface area contributed by atoms with Crippen LogP contribution in [0.4, 0.5) is 0 Å². The minimum atomic E-state index is -1.76. The topological polar surface area (TPSA) is 148 Å². The molecule has 6 N–H and O–H groups in total. The van der Waals surface area contributed by atoms with Gasteiger partial charge in [0.2, 0.25) is 0 Å². The Labute approximate surface area is 183 Å². The molecule has 8 nitrogen and oxygen atoms in total. The van der Waals surface area contributed by atoms with Crippen LogP contribution in [0.5, 0.6) is 0 Å². The van der Waals surface area contributed by atoms with Crippen LogP contribution < -0.4 is 0 Å². The molecule has 0 heterocycles. The van der Waals surface area contributed by atoms with E-state index < -0.39 is 75.8 Å². The van der Waals surface area contributed by atoms with Gasteiger partial charge in [0.05, 0.1) is 23.4 Å². The summed E-state index contributed by atoms with van der Waals surface area (Å²) in [5.41, 5.74) is -6.48. The van der Waals surface area contributed by atoms with Crippen molar-refractivity contribution in [1.29, 1.82) is 0 Å². The number of hydrogen-bond acceptors (Lipinski definition) is 8. The Morgan fingerprint density at radius 2 is 1.61 bits per heavy atom. The first-order valence-corrected chi connectivity index (χ1v) is 11.5. The van der Waals surface area contributed by atoms with Crippen molar-refractivity contribution in [2.24, 2.45) is 28.6 Å². The van der Waals surface area contributed by atoms with Crippen molar-refractivity contribution < 1.29 is 40.2 Å². The number of carbonyl (C=O) groups is 1. The zero-order valence-electron chi connectivity index (χ0n) is 19.1. The molecule has 4 aliphatic carbocycles. The van der Waals surface area contributed by atoms with Crippen molar-refractivity contribution >= 4 is 5.97 Å². The fraction of sp³-hybridized carbons (Fsp3) is 0.957. The van der Waals surface area contributed by atoms with Crippen LogP contribution in [0.2, 0.25) is 0 Å². The summed E-state index contributed by atoms with van der Waals surface area (Å²) in [6.45, 7) is 8.04. The van der Waals surface area contributed by atoms with E-state index in [1.165, 1.54) is 6.92 Å². The van der Waals surface area contributed by atoms with Crippen molar-refractivity contribution in [3.63, 3.8) is 0 Å². The maximum atomic E-state index is 12.4. The van der Waals surface area contributed by atoms with Crippen molar-refractivity contribution in [2.45, 2.75) is 108 Å². The number of carbonyl (C=O) groups excluding carboxylic acids is 1. The molecule has 0 saturated heterocycles. The number of aliphatic hydroxyl groups is 6. The van der Waals surface area contributed by atoms with E-state index in [0.717, 1.165) is 0 Å². The molecule has 4 saturated carbocycles. The SMILES string of the molecule is CC(O)C(=O)O[C@@H]1C2CCC3[C@@](C)(O)C4CC(O)C(C)(C)C4(O)C(O)C[C@]31C[C@@]2(C)O. The van der Waals surface area contributed by atoms with Gasteiger partial charge in [0.1, 0.15) is 17.8 Å². The maximum Gasteiger partial charge on any atom is 0.334 e. The van der Waals surface area contributed by atoms with Crippen LogP contribution in [0.1, 0.15) is 66.7 Å². The fourth-order valence-corrected chi connectivity index (χ4v) is 8.19. The van der Waals surface area contributed by atoms with Gasteiger partial charge in [-0.3, -0.25) is 0 Å². The summed E-state index contributed by atoms with van der Waals surface area (Å²) in [6, 6.07) is 0. The Hall–Kier alpha value is -0.770. The van der Waals surface area contributed by atoms with Crippen molar-refractivity contribution in [1.82, 2.24) is 0 Å². The van der Waals surface area contributed by atoms with Gasteiger partial charge in [-0.2, -0.15) is 0 Å². The molecule has 0 aromatic heterocycles. The molecule has 0 aromatic carbocycles. The minimum absolute atomic E-state index is 0.0153. The normalized spacial score (nSPS) is 56.4. The van der Waals surface area contributed by atoms with Crippen molar-refractivity contribution in [3.05, 3.63) is 0 Å². The summed E-state index contributed by atoms with van der Waals surface area (Å²) >= 11 is 0. The van der Waals surface area contributed by atoms with Gasteiger partial charge in [-0.15, -0.1) is 0 Å². The molecule has 0 aromatic rings. The Morgan fingerprint density at radius 3 is 2.19 bits per heavy atom. The maximum absolute atomic E-state index is 12.4. The lowest BCUT2D eigenvalue weighted by molar-refractivity contribution is -0.203. The number of fused-ring (bicyclic) bond motifs is 2. The second kappa shape index (κ2) is 6.64. The van der Waals surface area contributed by atoms with Gasteiger partial charge in [-0.1, -0.05) is 13.8 Å². The molecule has 11 atom stereocenters. The standard InChI is InChI=1S/C23H38O8/c1-11(24)18(27)31-17-12-6-7-13-21(5,29)14-8-15(25)19(2,3)23(14,30)16(26)9-22(13,17)10-20(12,4)28/h11-17,24-26,28-30H,6-10H2,1-5H3/t11?,12?,13?,14?,15?,16?,17-,20-,21-,22+,23?/m1/s1. The number of esters is 1. The monoisotopic (exact) mass is 442 g/mol. The van der Waals surface area contributed by atoms with E-state index in [1.54, 1.807) is 27.7 Å². The fourth-order valence-electron chi connectivity index (χ4n) is 8.19. The van der Waals surface area contributed by atoms with Gasteiger partial charge >= 0.3 is 5.97 Å². The Kier molecular flexibility index (Phi) is 5.01. The highest BCUT2D eigenvalue weighted by molar-refractivity contribution is 5.74. The smallest absolute Gasteiger partial charge is 0.334 e. The van der Waals surface area contributed by atoms with E-state index in [0.29, 0.717) is 12.8 Å². The summed E-state index contributed by atoms with van der Waals surface area (Å²) in [4.78, 5) is 12.4. The molecule has 4 fully saturated rings. The van der Waals surface area contributed by atoms with Crippen molar-refractivity contribution in [3.8, 4) is 0 Å². The first-order valence-electron chi connectivity index (χ1n) is 11.5. The van der Waals surface area contributed by atoms with Gasteiger partial charge in [0, 0.05) is 22.7 Å². The van der Waals surface area contributed by atoms with Crippen LogP contribution in [0.25, 0.3) is 0 Å². The first-order chi connectivity index (χ1) is 14.0. The summed E-state index contributed by atoms with van der Waals surface area (Å²) in [5.74, 6) is -2.48. The number of rotatable bonds is 2. The van der Waals surface area contributed by atoms with Gasteiger partial charge < -0.3 is 35.4 Å². The van der Waals surface area contributed by atoms with Gasteiger partial charge in [0.15, 0.2) is 0 Å². The van der Waals surface area contributed by atoms with Crippen molar-refractivity contribution in [2.75, 3.05) is 0 Å². The molecule has 1 spiro atoms. The van der Waals surface area contributed by atoms with E-state index in [-0.39, 0.29) is 19.3 Å². The third kappa shape index (κ3) is 2.78. The van der Waals surface area contributed by atoms with Crippen LogP contribution in [0.15, 0.2) is 0 Å². The van der Waals surface area contributed by atoms with Crippen LogP contribution in [-0.4, -0.2) is 77.8 Å². The van der Waals surface area contributed by atoms with Crippen LogP contribution >= 0.6 is 0 Å². The van der Waals surface area contributed by atoms with Gasteiger partial charge in [0.25, 0.3) is 0 Å². The van der Waals surface area contributed by atoms with Crippen LogP contribution in [0.3, 0.4) is 0 Å². The average Bonchev–Trinajstić information content (AvgIpc) is 2.87. The molecular formula is C23H38O8. The third-order valence-electron chi connectivity index (χ3n) is 9.81. The quantitative estimate of drug-likeness (QED) is 0.330. The largest absolute Gasteiger partial charge is 0.459 e. The molecule has 4 aliphatic rings.